The van der Waals surface area contributed by atoms with Crippen LogP contribution in [-0.2, 0) is 6.54 Å². The summed E-state index contributed by atoms with van der Waals surface area (Å²) in [5.41, 5.74) is 0.383. The topological polar surface area (TPSA) is 55.6 Å². The zero-order valence-corrected chi connectivity index (χ0v) is 12.0. The van der Waals surface area contributed by atoms with Crippen LogP contribution in [0.3, 0.4) is 0 Å². The molecule has 1 aliphatic carbocycles. The third kappa shape index (κ3) is 2.88. The Balaban J connectivity index is 1.96. The van der Waals surface area contributed by atoms with E-state index in [0.29, 0.717) is 17.5 Å². The molecule has 1 heterocycles. The fraction of sp³-hybridized carbons (Fsp3) is 0.923. The van der Waals surface area contributed by atoms with Crippen molar-refractivity contribution in [2.24, 2.45) is 5.41 Å². The summed E-state index contributed by atoms with van der Waals surface area (Å²) in [6, 6.07) is 0.889. The van der Waals surface area contributed by atoms with Gasteiger partial charge in [-0.2, -0.15) is 0 Å². The first kappa shape index (κ1) is 13.5. The Morgan fingerprint density at radius 2 is 2.17 bits per heavy atom. The van der Waals surface area contributed by atoms with Crippen molar-refractivity contribution in [1.29, 1.82) is 0 Å². The molecule has 18 heavy (non-hydrogen) atoms. The van der Waals surface area contributed by atoms with E-state index in [-0.39, 0.29) is 0 Å². The van der Waals surface area contributed by atoms with Gasteiger partial charge in [0.05, 0.1) is 12.6 Å². The molecule has 1 atom stereocenters. The molecule has 0 spiro atoms. The first-order valence-corrected chi connectivity index (χ1v) is 7.01. The average molecular weight is 251 g/mol. The van der Waals surface area contributed by atoms with Gasteiger partial charge in [-0.05, 0) is 42.5 Å². The monoisotopic (exact) mass is 251 g/mol. The van der Waals surface area contributed by atoms with E-state index in [1.54, 1.807) is 0 Å². The van der Waals surface area contributed by atoms with E-state index in [1.807, 2.05) is 4.68 Å². The summed E-state index contributed by atoms with van der Waals surface area (Å²) in [5, 5.41) is 15.6. The highest BCUT2D eigenvalue weighted by molar-refractivity contribution is 4.90. The van der Waals surface area contributed by atoms with Crippen LogP contribution in [0.4, 0.5) is 0 Å². The van der Waals surface area contributed by atoms with Crippen LogP contribution < -0.4 is 5.32 Å². The van der Waals surface area contributed by atoms with Gasteiger partial charge in [-0.1, -0.05) is 26.7 Å². The summed E-state index contributed by atoms with van der Waals surface area (Å²) in [6.07, 6.45) is 5.25. The molecule has 102 valence electrons. The maximum Gasteiger partial charge on any atom is 0.165 e. The van der Waals surface area contributed by atoms with E-state index in [0.717, 1.165) is 12.4 Å². The summed E-state index contributed by atoms with van der Waals surface area (Å²) in [5.74, 6) is 0.936. The number of aromatic nitrogens is 4. The van der Waals surface area contributed by atoms with Gasteiger partial charge in [0.15, 0.2) is 5.82 Å². The smallest absolute Gasteiger partial charge is 0.165 e. The predicted octanol–water partition coefficient (Wildman–Crippen LogP) is 2.31. The molecule has 0 amide bonds. The molecular formula is C13H25N5. The summed E-state index contributed by atoms with van der Waals surface area (Å²) in [4.78, 5) is 0. The SMILES string of the molecule is CC(C)n1nnnc1CN[C@H]1CCCCC1(C)C. The molecule has 2 rings (SSSR count). The van der Waals surface area contributed by atoms with Gasteiger partial charge >= 0.3 is 0 Å². The lowest BCUT2D eigenvalue weighted by Gasteiger charge is -2.39. The quantitative estimate of drug-likeness (QED) is 0.892. The van der Waals surface area contributed by atoms with Crippen molar-refractivity contribution in [3.63, 3.8) is 0 Å². The Bertz CT molecular complexity index is 382. The van der Waals surface area contributed by atoms with Crippen LogP contribution in [0.2, 0.25) is 0 Å². The fourth-order valence-electron chi connectivity index (χ4n) is 2.82. The third-order valence-electron chi connectivity index (χ3n) is 4.06. The number of tetrazole rings is 1. The molecule has 0 radical (unpaired) electrons. The van der Waals surface area contributed by atoms with E-state index in [2.05, 4.69) is 48.5 Å². The molecule has 0 unspecified atom stereocenters. The van der Waals surface area contributed by atoms with Crippen LogP contribution in [0.15, 0.2) is 0 Å². The Hall–Kier alpha value is -0.970. The molecule has 5 heteroatoms. The lowest BCUT2D eigenvalue weighted by Crippen LogP contribution is -2.44. The van der Waals surface area contributed by atoms with Crippen LogP contribution in [0.1, 0.15) is 65.2 Å². The number of rotatable bonds is 4. The molecule has 1 aromatic rings. The van der Waals surface area contributed by atoms with Gasteiger partial charge in [0.1, 0.15) is 0 Å². The number of nitrogens with one attached hydrogen (secondary N) is 1. The van der Waals surface area contributed by atoms with E-state index in [4.69, 9.17) is 0 Å². The van der Waals surface area contributed by atoms with Crippen LogP contribution >= 0.6 is 0 Å². The Labute approximate surface area is 109 Å². The average Bonchev–Trinajstić information content (AvgIpc) is 2.75. The molecule has 0 aliphatic heterocycles. The molecule has 0 saturated heterocycles. The molecule has 0 bridgehead atoms. The zero-order valence-electron chi connectivity index (χ0n) is 12.0. The van der Waals surface area contributed by atoms with Crippen molar-refractivity contribution in [3.05, 3.63) is 5.82 Å². The molecule has 0 aromatic carbocycles. The minimum absolute atomic E-state index is 0.316. The van der Waals surface area contributed by atoms with Gasteiger partial charge < -0.3 is 5.32 Å². The van der Waals surface area contributed by atoms with Gasteiger partial charge in [0.25, 0.3) is 0 Å². The third-order valence-corrected chi connectivity index (χ3v) is 4.06. The first-order chi connectivity index (χ1) is 8.50. The second-order valence-corrected chi connectivity index (χ2v) is 6.30. The molecule has 1 aliphatic rings. The van der Waals surface area contributed by atoms with Gasteiger partial charge in [0, 0.05) is 6.04 Å². The highest BCUT2D eigenvalue weighted by Crippen LogP contribution is 2.35. The fourth-order valence-corrected chi connectivity index (χ4v) is 2.82. The van der Waals surface area contributed by atoms with E-state index in [1.165, 1.54) is 25.7 Å². The van der Waals surface area contributed by atoms with E-state index in [9.17, 15) is 0 Å². The normalized spacial score (nSPS) is 23.5. The van der Waals surface area contributed by atoms with Gasteiger partial charge in [-0.3, -0.25) is 0 Å². The lowest BCUT2D eigenvalue weighted by atomic mass is 9.73. The maximum absolute atomic E-state index is 4.11. The Kier molecular flexibility index (Phi) is 4.00. The van der Waals surface area contributed by atoms with Crippen molar-refractivity contribution in [1.82, 2.24) is 25.5 Å². The van der Waals surface area contributed by atoms with E-state index < -0.39 is 0 Å². The van der Waals surface area contributed by atoms with Gasteiger partial charge in [-0.25, -0.2) is 4.68 Å². The molecular weight excluding hydrogens is 226 g/mol. The van der Waals surface area contributed by atoms with Crippen LogP contribution in [0.5, 0.6) is 0 Å². The molecule has 1 fully saturated rings. The van der Waals surface area contributed by atoms with E-state index >= 15 is 0 Å². The number of hydrogen-bond donors (Lipinski definition) is 1. The van der Waals surface area contributed by atoms with Crippen molar-refractivity contribution >= 4 is 0 Å². The molecule has 1 saturated carbocycles. The Morgan fingerprint density at radius 1 is 1.39 bits per heavy atom. The van der Waals surface area contributed by atoms with Crippen LogP contribution in [-0.4, -0.2) is 26.2 Å². The number of hydrogen-bond acceptors (Lipinski definition) is 4. The van der Waals surface area contributed by atoms with Gasteiger partial charge in [0.2, 0.25) is 0 Å². The van der Waals surface area contributed by atoms with Crippen LogP contribution in [0, 0.1) is 5.41 Å². The lowest BCUT2D eigenvalue weighted by molar-refractivity contribution is 0.165. The number of nitrogens with zero attached hydrogens (tertiary/aromatic N) is 4. The summed E-state index contributed by atoms with van der Waals surface area (Å²) >= 11 is 0. The van der Waals surface area contributed by atoms with Crippen molar-refractivity contribution in [3.8, 4) is 0 Å². The predicted molar refractivity (Wildman–Crippen MR) is 71.1 cm³/mol. The van der Waals surface area contributed by atoms with Crippen molar-refractivity contribution in [2.45, 2.75) is 72.0 Å². The molecule has 5 nitrogen and oxygen atoms in total. The molecule has 1 aromatic heterocycles. The largest absolute Gasteiger partial charge is 0.306 e. The zero-order chi connectivity index (χ0) is 13.2. The highest BCUT2D eigenvalue weighted by Gasteiger charge is 2.31. The van der Waals surface area contributed by atoms with Crippen LogP contribution in [0.25, 0.3) is 0 Å². The summed E-state index contributed by atoms with van der Waals surface area (Å²) < 4.78 is 1.89. The maximum atomic E-state index is 4.11. The summed E-state index contributed by atoms with van der Waals surface area (Å²) in [6.45, 7) is 9.68. The Morgan fingerprint density at radius 3 is 2.83 bits per heavy atom. The minimum atomic E-state index is 0.316. The minimum Gasteiger partial charge on any atom is -0.306 e. The second kappa shape index (κ2) is 5.34. The summed E-state index contributed by atoms with van der Waals surface area (Å²) in [7, 11) is 0. The first-order valence-electron chi connectivity index (χ1n) is 7.01. The van der Waals surface area contributed by atoms with Crippen molar-refractivity contribution < 1.29 is 0 Å². The highest BCUT2D eigenvalue weighted by atomic mass is 15.5. The second-order valence-electron chi connectivity index (χ2n) is 6.30. The van der Waals surface area contributed by atoms with Gasteiger partial charge in [-0.15, -0.1) is 5.10 Å². The van der Waals surface area contributed by atoms with Crippen molar-refractivity contribution in [2.75, 3.05) is 0 Å². The molecule has 1 N–H and O–H groups in total. The standard InChI is InChI=1S/C13H25N5/c1-10(2)18-12(15-16-17-18)9-14-11-7-5-6-8-13(11,3)4/h10-11,14H,5-9H2,1-4H3/t11-/m0/s1.